The molecule has 2 rings (SSSR count). The van der Waals surface area contributed by atoms with Gasteiger partial charge in [0, 0.05) is 12.6 Å². The Labute approximate surface area is 101 Å². The van der Waals surface area contributed by atoms with Crippen LogP contribution in [0.3, 0.4) is 0 Å². The third-order valence-electron chi connectivity index (χ3n) is 2.70. The lowest BCUT2D eigenvalue weighted by atomic mass is 10.0. The van der Waals surface area contributed by atoms with Crippen molar-refractivity contribution in [1.82, 2.24) is 4.98 Å². The smallest absolute Gasteiger partial charge is 0.178 e. The Bertz CT molecular complexity index is 556. The number of carbonyl (C=O) groups excluding carboxylic acids is 1. The normalized spacial score (nSPS) is 10.3. The first-order valence-corrected chi connectivity index (χ1v) is 5.63. The Morgan fingerprint density at radius 3 is 2.24 bits per heavy atom. The van der Waals surface area contributed by atoms with E-state index in [-0.39, 0.29) is 5.78 Å². The quantitative estimate of drug-likeness (QED) is 0.731. The molecule has 0 spiro atoms. The van der Waals surface area contributed by atoms with Crippen LogP contribution in [0.15, 0.2) is 36.4 Å². The number of rotatable bonds is 2. The second kappa shape index (κ2) is 4.50. The van der Waals surface area contributed by atoms with Gasteiger partial charge >= 0.3 is 0 Å². The molecule has 86 valence electrons. The number of carbonyl (C=O) groups is 1. The largest absolute Gasteiger partial charge is 0.293 e. The van der Waals surface area contributed by atoms with Crippen molar-refractivity contribution in [2.24, 2.45) is 0 Å². The second-order valence-corrected chi connectivity index (χ2v) is 4.30. The summed E-state index contributed by atoms with van der Waals surface area (Å²) in [7, 11) is 0. The average molecular weight is 225 g/mol. The molecule has 0 saturated carbocycles. The van der Waals surface area contributed by atoms with Crippen molar-refractivity contribution in [3.8, 4) is 11.1 Å². The first-order chi connectivity index (χ1) is 8.06. The molecule has 1 aromatic heterocycles. The zero-order chi connectivity index (χ0) is 12.4. The minimum atomic E-state index is 0.00191. The van der Waals surface area contributed by atoms with Crippen molar-refractivity contribution in [3.63, 3.8) is 0 Å². The van der Waals surface area contributed by atoms with Crippen LogP contribution in [0, 0.1) is 13.8 Å². The molecule has 0 fully saturated rings. The summed E-state index contributed by atoms with van der Waals surface area (Å²) < 4.78 is 0. The van der Waals surface area contributed by atoms with E-state index in [0.29, 0.717) is 5.69 Å². The van der Waals surface area contributed by atoms with Gasteiger partial charge in [0.05, 0.1) is 0 Å². The number of ketones is 1. The summed E-state index contributed by atoms with van der Waals surface area (Å²) in [5, 5.41) is 0. The van der Waals surface area contributed by atoms with Gasteiger partial charge in [0.15, 0.2) is 5.78 Å². The van der Waals surface area contributed by atoms with Crippen LogP contribution in [0.1, 0.15) is 28.7 Å². The molecular weight excluding hydrogens is 210 g/mol. The van der Waals surface area contributed by atoms with E-state index in [0.717, 1.165) is 16.8 Å². The summed E-state index contributed by atoms with van der Waals surface area (Å²) in [6.45, 7) is 5.51. The van der Waals surface area contributed by atoms with Crippen molar-refractivity contribution in [2.45, 2.75) is 20.8 Å². The van der Waals surface area contributed by atoms with E-state index in [4.69, 9.17) is 0 Å². The van der Waals surface area contributed by atoms with Crippen LogP contribution in [-0.4, -0.2) is 10.8 Å². The van der Waals surface area contributed by atoms with Crippen molar-refractivity contribution < 1.29 is 4.79 Å². The topological polar surface area (TPSA) is 30.0 Å². The number of benzene rings is 1. The summed E-state index contributed by atoms with van der Waals surface area (Å²) in [4.78, 5) is 15.6. The molecule has 2 nitrogen and oxygen atoms in total. The van der Waals surface area contributed by atoms with Crippen molar-refractivity contribution in [1.29, 1.82) is 0 Å². The van der Waals surface area contributed by atoms with Gasteiger partial charge in [-0.15, -0.1) is 0 Å². The van der Waals surface area contributed by atoms with Crippen LogP contribution in [0.25, 0.3) is 11.1 Å². The maximum absolute atomic E-state index is 11.4. The fraction of sp³-hybridized carbons (Fsp3) is 0.200. The van der Waals surface area contributed by atoms with Crippen molar-refractivity contribution >= 4 is 5.78 Å². The zero-order valence-electron chi connectivity index (χ0n) is 10.3. The highest BCUT2D eigenvalue weighted by atomic mass is 16.1. The van der Waals surface area contributed by atoms with Gasteiger partial charge in [-0.3, -0.25) is 4.79 Å². The standard InChI is InChI=1S/C15H15NO/c1-10-4-6-13(7-5-10)14-8-11(2)16-15(9-14)12(3)17/h4-9H,1-3H3. The Morgan fingerprint density at radius 1 is 1.00 bits per heavy atom. The lowest BCUT2D eigenvalue weighted by molar-refractivity contribution is 0.101. The highest BCUT2D eigenvalue weighted by Crippen LogP contribution is 2.21. The maximum atomic E-state index is 11.4. The van der Waals surface area contributed by atoms with Gasteiger partial charge in [0.25, 0.3) is 0 Å². The molecule has 0 saturated heterocycles. The number of pyridine rings is 1. The fourth-order valence-electron chi connectivity index (χ4n) is 1.76. The number of hydrogen-bond acceptors (Lipinski definition) is 2. The van der Waals surface area contributed by atoms with E-state index in [1.807, 2.05) is 19.1 Å². The van der Waals surface area contributed by atoms with Gasteiger partial charge in [0.2, 0.25) is 0 Å². The Morgan fingerprint density at radius 2 is 1.65 bits per heavy atom. The molecule has 0 amide bonds. The predicted octanol–water partition coefficient (Wildman–Crippen LogP) is 3.57. The van der Waals surface area contributed by atoms with Crippen LogP contribution in [0.5, 0.6) is 0 Å². The lowest BCUT2D eigenvalue weighted by Crippen LogP contribution is -1.98. The molecule has 0 aliphatic heterocycles. The van der Waals surface area contributed by atoms with Crippen LogP contribution in [-0.2, 0) is 0 Å². The van der Waals surface area contributed by atoms with Crippen molar-refractivity contribution in [2.75, 3.05) is 0 Å². The zero-order valence-corrected chi connectivity index (χ0v) is 10.3. The highest BCUT2D eigenvalue weighted by Gasteiger charge is 2.05. The van der Waals surface area contributed by atoms with Crippen LogP contribution in [0.4, 0.5) is 0 Å². The maximum Gasteiger partial charge on any atom is 0.178 e. The molecule has 0 N–H and O–H groups in total. The van der Waals surface area contributed by atoms with Gasteiger partial charge in [-0.2, -0.15) is 0 Å². The molecule has 0 radical (unpaired) electrons. The van der Waals surface area contributed by atoms with Gasteiger partial charge in [-0.1, -0.05) is 29.8 Å². The number of Topliss-reactive ketones (excluding diaryl/α,β-unsaturated/α-hetero) is 1. The van der Waals surface area contributed by atoms with Crippen LogP contribution < -0.4 is 0 Å². The summed E-state index contributed by atoms with van der Waals surface area (Å²) in [6, 6.07) is 12.1. The molecule has 0 atom stereocenters. The number of hydrogen-bond donors (Lipinski definition) is 0. The summed E-state index contributed by atoms with van der Waals surface area (Å²) in [5.41, 5.74) is 4.78. The summed E-state index contributed by atoms with van der Waals surface area (Å²) in [5.74, 6) is 0.00191. The molecule has 2 heteroatoms. The summed E-state index contributed by atoms with van der Waals surface area (Å²) >= 11 is 0. The average Bonchev–Trinajstić information content (AvgIpc) is 2.29. The first-order valence-electron chi connectivity index (χ1n) is 5.63. The molecule has 1 aromatic carbocycles. The predicted molar refractivity (Wildman–Crippen MR) is 69.2 cm³/mol. The summed E-state index contributed by atoms with van der Waals surface area (Å²) in [6.07, 6.45) is 0. The van der Waals surface area contributed by atoms with E-state index in [1.54, 1.807) is 6.92 Å². The van der Waals surface area contributed by atoms with Crippen LogP contribution in [0.2, 0.25) is 0 Å². The molecule has 0 unspecified atom stereocenters. The highest BCUT2D eigenvalue weighted by molar-refractivity contribution is 5.93. The molecule has 0 aliphatic carbocycles. The van der Waals surface area contributed by atoms with Gasteiger partial charge in [-0.25, -0.2) is 4.98 Å². The van der Waals surface area contributed by atoms with E-state index >= 15 is 0 Å². The lowest BCUT2D eigenvalue weighted by Gasteiger charge is -2.05. The van der Waals surface area contributed by atoms with E-state index in [2.05, 4.69) is 36.2 Å². The second-order valence-electron chi connectivity index (χ2n) is 4.30. The van der Waals surface area contributed by atoms with Gasteiger partial charge in [-0.05, 0) is 37.1 Å². The van der Waals surface area contributed by atoms with E-state index in [1.165, 1.54) is 5.56 Å². The van der Waals surface area contributed by atoms with Crippen molar-refractivity contribution in [3.05, 3.63) is 53.3 Å². The van der Waals surface area contributed by atoms with E-state index in [9.17, 15) is 4.79 Å². The molecule has 2 aromatic rings. The minimum absolute atomic E-state index is 0.00191. The molecule has 0 bridgehead atoms. The fourth-order valence-corrected chi connectivity index (χ4v) is 1.76. The molecule has 1 heterocycles. The molecule has 0 aliphatic rings. The SMILES string of the molecule is CC(=O)c1cc(-c2ccc(C)cc2)cc(C)n1. The Kier molecular flexibility index (Phi) is 3.05. The van der Waals surface area contributed by atoms with Crippen LogP contribution >= 0.6 is 0 Å². The Balaban J connectivity index is 2.51. The number of aromatic nitrogens is 1. The number of nitrogens with zero attached hydrogens (tertiary/aromatic N) is 1. The first kappa shape index (κ1) is 11.5. The molecular formula is C15H15NO. The third-order valence-corrected chi connectivity index (χ3v) is 2.70. The molecule has 17 heavy (non-hydrogen) atoms. The minimum Gasteiger partial charge on any atom is -0.293 e. The monoisotopic (exact) mass is 225 g/mol. The third kappa shape index (κ3) is 2.59. The van der Waals surface area contributed by atoms with E-state index < -0.39 is 0 Å². The van der Waals surface area contributed by atoms with Gasteiger partial charge < -0.3 is 0 Å². The van der Waals surface area contributed by atoms with Gasteiger partial charge in [0.1, 0.15) is 5.69 Å². The Hall–Kier alpha value is -1.96. The number of aryl methyl sites for hydroxylation is 2.